The van der Waals surface area contributed by atoms with E-state index in [1.165, 1.54) is 0 Å². The van der Waals surface area contributed by atoms with Gasteiger partial charge in [0.05, 0.1) is 12.4 Å². The smallest absolute Gasteiger partial charge is 0.126 e. The van der Waals surface area contributed by atoms with Crippen molar-refractivity contribution in [1.82, 2.24) is 0 Å². The highest BCUT2D eigenvalue weighted by molar-refractivity contribution is 5.47. The molecule has 0 aliphatic heterocycles. The van der Waals surface area contributed by atoms with Crippen molar-refractivity contribution >= 4 is 6.08 Å². The van der Waals surface area contributed by atoms with Crippen molar-refractivity contribution in [3.05, 3.63) is 29.7 Å². The summed E-state index contributed by atoms with van der Waals surface area (Å²) in [7, 11) is 0. The van der Waals surface area contributed by atoms with Gasteiger partial charge in [-0.3, -0.25) is 0 Å². The highest BCUT2D eigenvalue weighted by atomic mass is 16.3. The highest BCUT2D eigenvalue weighted by Gasteiger charge is 1.98. The summed E-state index contributed by atoms with van der Waals surface area (Å²) in [5, 5.41) is 9.11. The van der Waals surface area contributed by atoms with E-state index in [0.29, 0.717) is 0 Å². The normalized spacial score (nSPS) is 15.0. The predicted octanol–water partition coefficient (Wildman–Crippen LogP) is 2.06. The number of rotatable bonds is 2. The van der Waals surface area contributed by atoms with Crippen LogP contribution in [-0.2, 0) is 0 Å². The molecule has 1 aromatic rings. The molecule has 2 nitrogen and oxygen atoms in total. The van der Waals surface area contributed by atoms with E-state index in [2.05, 4.69) is 0 Å². The Labute approximate surface area is 66.2 Å². The third-order valence-corrected chi connectivity index (χ3v) is 1.57. The molecule has 0 fully saturated rings. The maximum atomic E-state index is 9.11. The summed E-state index contributed by atoms with van der Waals surface area (Å²) in [5.74, 6) is 0.781. The van der Waals surface area contributed by atoms with Crippen LogP contribution >= 0.6 is 0 Å². The van der Waals surface area contributed by atoms with Gasteiger partial charge in [0.2, 0.25) is 0 Å². The molecule has 0 bridgehead atoms. The predicted molar refractivity (Wildman–Crippen MR) is 44.0 cm³/mol. The first-order valence-electron chi connectivity index (χ1n) is 3.60. The Kier molecular flexibility index (Phi) is 2.49. The quantitative estimate of drug-likeness (QED) is 0.703. The summed E-state index contributed by atoms with van der Waals surface area (Å²) >= 11 is 0. The van der Waals surface area contributed by atoms with Gasteiger partial charge in [0.25, 0.3) is 0 Å². The lowest BCUT2D eigenvalue weighted by Crippen LogP contribution is -1.99. The average Bonchev–Trinajstić information content (AvgIpc) is 2.39. The van der Waals surface area contributed by atoms with Crippen LogP contribution in [0.5, 0.6) is 0 Å². The van der Waals surface area contributed by atoms with Crippen molar-refractivity contribution < 1.29 is 9.52 Å². The SMILES string of the molecule is C/C(=C\c1ccco1)[C@@H](C)O. The minimum Gasteiger partial charge on any atom is -0.465 e. The molecule has 1 atom stereocenters. The lowest BCUT2D eigenvalue weighted by Gasteiger charge is -2.01. The lowest BCUT2D eigenvalue weighted by atomic mass is 10.2. The minimum absolute atomic E-state index is 0.403. The Morgan fingerprint density at radius 3 is 2.91 bits per heavy atom. The molecule has 1 rings (SSSR count). The lowest BCUT2D eigenvalue weighted by molar-refractivity contribution is 0.232. The first kappa shape index (κ1) is 8.08. The van der Waals surface area contributed by atoms with Crippen molar-refractivity contribution in [2.24, 2.45) is 0 Å². The van der Waals surface area contributed by atoms with E-state index in [0.717, 1.165) is 11.3 Å². The van der Waals surface area contributed by atoms with Gasteiger partial charge >= 0.3 is 0 Å². The van der Waals surface area contributed by atoms with Gasteiger partial charge in [-0.1, -0.05) is 0 Å². The molecule has 0 amide bonds. The largest absolute Gasteiger partial charge is 0.465 e. The summed E-state index contributed by atoms with van der Waals surface area (Å²) in [4.78, 5) is 0. The van der Waals surface area contributed by atoms with Gasteiger partial charge in [-0.2, -0.15) is 0 Å². The van der Waals surface area contributed by atoms with E-state index in [4.69, 9.17) is 9.52 Å². The van der Waals surface area contributed by atoms with Crippen LogP contribution < -0.4 is 0 Å². The number of furan rings is 1. The third kappa shape index (κ3) is 2.24. The molecule has 60 valence electrons. The van der Waals surface area contributed by atoms with E-state index >= 15 is 0 Å². The molecule has 0 aliphatic carbocycles. The first-order chi connectivity index (χ1) is 5.20. The fourth-order valence-corrected chi connectivity index (χ4v) is 0.718. The summed E-state index contributed by atoms with van der Waals surface area (Å²) in [6.07, 6.45) is 3.03. The van der Waals surface area contributed by atoms with Crippen molar-refractivity contribution in [3.8, 4) is 0 Å². The van der Waals surface area contributed by atoms with Crippen LogP contribution in [0.25, 0.3) is 6.08 Å². The second-order valence-corrected chi connectivity index (χ2v) is 2.58. The number of hydrogen-bond acceptors (Lipinski definition) is 2. The molecule has 0 radical (unpaired) electrons. The molecule has 1 aromatic heterocycles. The van der Waals surface area contributed by atoms with Crippen LogP contribution in [0.3, 0.4) is 0 Å². The topological polar surface area (TPSA) is 33.4 Å². The standard InChI is InChI=1S/C9H12O2/c1-7(8(2)10)6-9-4-3-5-11-9/h3-6,8,10H,1-2H3/b7-6+/t8-/m1/s1. The minimum atomic E-state index is -0.403. The van der Waals surface area contributed by atoms with Gasteiger partial charge in [-0.05, 0) is 37.6 Å². The summed E-state index contributed by atoms with van der Waals surface area (Å²) in [6, 6.07) is 3.67. The average molecular weight is 152 g/mol. The van der Waals surface area contributed by atoms with E-state index < -0.39 is 6.10 Å². The second kappa shape index (κ2) is 3.39. The zero-order valence-corrected chi connectivity index (χ0v) is 6.74. The first-order valence-corrected chi connectivity index (χ1v) is 3.60. The summed E-state index contributed by atoms with van der Waals surface area (Å²) in [5.41, 5.74) is 0.903. The Morgan fingerprint density at radius 2 is 2.45 bits per heavy atom. The van der Waals surface area contributed by atoms with Crippen LogP contribution in [0.15, 0.2) is 28.4 Å². The Morgan fingerprint density at radius 1 is 1.73 bits per heavy atom. The van der Waals surface area contributed by atoms with Crippen LogP contribution in [0.4, 0.5) is 0 Å². The molecule has 0 aliphatic rings. The van der Waals surface area contributed by atoms with Crippen molar-refractivity contribution in [2.45, 2.75) is 20.0 Å². The monoisotopic (exact) mass is 152 g/mol. The maximum Gasteiger partial charge on any atom is 0.126 e. The molecule has 0 unspecified atom stereocenters. The number of aliphatic hydroxyl groups is 1. The molecule has 0 saturated heterocycles. The highest BCUT2D eigenvalue weighted by Crippen LogP contribution is 2.09. The molecular formula is C9H12O2. The van der Waals surface area contributed by atoms with Gasteiger partial charge < -0.3 is 9.52 Å². The Hall–Kier alpha value is -1.02. The van der Waals surface area contributed by atoms with E-state index in [-0.39, 0.29) is 0 Å². The Balaban J connectivity index is 2.74. The Bertz CT molecular complexity index is 232. The molecule has 0 spiro atoms. The molecule has 11 heavy (non-hydrogen) atoms. The van der Waals surface area contributed by atoms with Crippen molar-refractivity contribution in [1.29, 1.82) is 0 Å². The van der Waals surface area contributed by atoms with Crippen LogP contribution in [-0.4, -0.2) is 11.2 Å². The summed E-state index contributed by atoms with van der Waals surface area (Å²) in [6.45, 7) is 3.60. The van der Waals surface area contributed by atoms with Crippen LogP contribution in [0.2, 0.25) is 0 Å². The van der Waals surface area contributed by atoms with Gasteiger partial charge in [0.1, 0.15) is 5.76 Å². The van der Waals surface area contributed by atoms with Crippen molar-refractivity contribution in [3.63, 3.8) is 0 Å². The molecule has 1 heterocycles. The van der Waals surface area contributed by atoms with E-state index in [1.807, 2.05) is 25.1 Å². The maximum absolute atomic E-state index is 9.11. The summed E-state index contributed by atoms with van der Waals surface area (Å²) < 4.78 is 5.07. The van der Waals surface area contributed by atoms with Crippen molar-refractivity contribution in [2.75, 3.05) is 0 Å². The number of hydrogen-bond donors (Lipinski definition) is 1. The molecular weight excluding hydrogens is 140 g/mol. The molecule has 0 aromatic carbocycles. The molecule has 2 heteroatoms. The molecule has 0 saturated carbocycles. The van der Waals surface area contributed by atoms with Gasteiger partial charge in [-0.15, -0.1) is 0 Å². The zero-order chi connectivity index (χ0) is 8.27. The zero-order valence-electron chi connectivity index (χ0n) is 6.74. The van der Waals surface area contributed by atoms with Gasteiger partial charge in [0, 0.05) is 0 Å². The van der Waals surface area contributed by atoms with Gasteiger partial charge in [0.15, 0.2) is 0 Å². The van der Waals surface area contributed by atoms with Gasteiger partial charge in [-0.25, -0.2) is 0 Å². The number of aliphatic hydroxyl groups excluding tert-OH is 1. The van der Waals surface area contributed by atoms with Crippen LogP contribution in [0, 0.1) is 0 Å². The van der Waals surface area contributed by atoms with Crippen LogP contribution in [0.1, 0.15) is 19.6 Å². The van der Waals surface area contributed by atoms with E-state index in [9.17, 15) is 0 Å². The third-order valence-electron chi connectivity index (χ3n) is 1.57. The molecule has 1 N–H and O–H groups in total. The fourth-order valence-electron chi connectivity index (χ4n) is 0.718. The van der Waals surface area contributed by atoms with E-state index in [1.54, 1.807) is 13.2 Å². The fraction of sp³-hybridized carbons (Fsp3) is 0.333. The second-order valence-electron chi connectivity index (χ2n) is 2.58.